The number of carbonyl (C=O) groups is 1. The first kappa shape index (κ1) is 23.3. The normalized spacial score (nSPS) is 18.3. The van der Waals surface area contributed by atoms with Gasteiger partial charge in [-0.1, -0.05) is 83.9 Å². The van der Waals surface area contributed by atoms with E-state index in [9.17, 15) is 4.79 Å². The summed E-state index contributed by atoms with van der Waals surface area (Å²) in [4.78, 5) is 10.2. The topological polar surface area (TPSA) is 69.6 Å². The number of carboxylic acid groups (broad SMARTS) is 1. The van der Waals surface area contributed by atoms with E-state index < -0.39 is 12.1 Å². The van der Waals surface area contributed by atoms with Crippen molar-refractivity contribution in [2.45, 2.75) is 30.9 Å². The zero-order valence-corrected chi connectivity index (χ0v) is 18.6. The average Bonchev–Trinajstić information content (AvgIpc) is 2.80. The molecule has 0 saturated heterocycles. The highest BCUT2D eigenvalue weighted by Crippen LogP contribution is 2.42. The van der Waals surface area contributed by atoms with E-state index in [-0.39, 0.29) is 0 Å². The fourth-order valence-electron chi connectivity index (χ4n) is 3.94. The maximum Gasteiger partial charge on any atom is 0.337 e. The molecule has 3 aromatic rings. The Bertz CT molecular complexity index is 1030. The van der Waals surface area contributed by atoms with Gasteiger partial charge in [-0.2, -0.15) is 0 Å². The van der Waals surface area contributed by atoms with E-state index in [1.165, 1.54) is 16.7 Å². The molecule has 162 valence electrons. The first-order valence-corrected chi connectivity index (χ1v) is 10.8. The van der Waals surface area contributed by atoms with Crippen LogP contribution in [-0.2, 0) is 4.79 Å². The molecule has 0 saturated carbocycles. The maximum absolute atomic E-state index is 10.2. The van der Waals surface area contributed by atoms with Gasteiger partial charge in [0.1, 0.15) is 0 Å². The number of fused-ring (bicyclic) bond motifs is 1. The van der Waals surface area contributed by atoms with Crippen molar-refractivity contribution in [1.29, 1.82) is 0 Å². The molecule has 3 unspecified atom stereocenters. The van der Waals surface area contributed by atoms with Crippen LogP contribution in [-0.4, -0.2) is 23.2 Å². The molecule has 0 amide bonds. The van der Waals surface area contributed by atoms with Crippen molar-refractivity contribution < 1.29 is 15.0 Å². The molecule has 0 fully saturated rings. The third kappa shape index (κ3) is 5.66. The molecule has 4 rings (SSSR count). The number of aliphatic hydroxyl groups is 1. The van der Waals surface area contributed by atoms with Crippen molar-refractivity contribution >= 4 is 29.2 Å². The van der Waals surface area contributed by atoms with Gasteiger partial charge in [0, 0.05) is 12.0 Å². The van der Waals surface area contributed by atoms with Gasteiger partial charge in [0.25, 0.3) is 0 Å². The molecule has 0 aromatic heterocycles. The number of benzene rings is 3. The van der Waals surface area contributed by atoms with Crippen LogP contribution in [0.15, 0.2) is 72.8 Å². The number of nitrogens with one attached hydrogen (secondary N) is 1. The minimum Gasteiger partial charge on any atom is -0.479 e. The molecule has 1 aliphatic carbocycles. The van der Waals surface area contributed by atoms with Gasteiger partial charge in [0.05, 0.1) is 10.0 Å². The van der Waals surface area contributed by atoms with Gasteiger partial charge in [-0.15, -0.1) is 0 Å². The standard InChI is InChI=1S/C17H17Cl2N.C8H8O3/c1-20-17-9-7-12(13-4-2-3-5-14(13)17)11-6-8-15(18)16(19)10-11;9-7(8(10)11)6-4-2-1-3-5-6/h2-6,8,10,12,17,20H,7,9H2,1H3;1-5,7,9H,(H,10,11). The lowest BCUT2D eigenvalue weighted by molar-refractivity contribution is -0.146. The van der Waals surface area contributed by atoms with Gasteiger partial charge >= 0.3 is 5.97 Å². The van der Waals surface area contributed by atoms with Gasteiger partial charge in [-0.3, -0.25) is 0 Å². The fourth-order valence-corrected chi connectivity index (χ4v) is 4.25. The van der Waals surface area contributed by atoms with Crippen molar-refractivity contribution in [3.63, 3.8) is 0 Å². The van der Waals surface area contributed by atoms with Crippen molar-refractivity contribution in [1.82, 2.24) is 5.32 Å². The van der Waals surface area contributed by atoms with Crippen LogP contribution in [0.1, 0.15) is 53.2 Å². The molecule has 3 aromatic carbocycles. The summed E-state index contributed by atoms with van der Waals surface area (Å²) in [5.41, 5.74) is 4.45. The molecule has 6 heteroatoms. The van der Waals surface area contributed by atoms with E-state index in [2.05, 4.69) is 35.6 Å². The summed E-state index contributed by atoms with van der Waals surface area (Å²) in [6.07, 6.45) is 0.857. The highest BCUT2D eigenvalue weighted by molar-refractivity contribution is 6.42. The van der Waals surface area contributed by atoms with Crippen LogP contribution in [0.4, 0.5) is 0 Å². The number of aliphatic hydroxyl groups excluding tert-OH is 1. The van der Waals surface area contributed by atoms with E-state index in [1.807, 2.05) is 19.2 Å². The van der Waals surface area contributed by atoms with Gasteiger partial charge < -0.3 is 15.5 Å². The van der Waals surface area contributed by atoms with Gasteiger partial charge in [-0.25, -0.2) is 4.79 Å². The van der Waals surface area contributed by atoms with Crippen molar-refractivity contribution in [3.8, 4) is 0 Å². The summed E-state index contributed by atoms with van der Waals surface area (Å²) < 4.78 is 0. The van der Waals surface area contributed by atoms with Crippen LogP contribution in [0, 0.1) is 0 Å². The van der Waals surface area contributed by atoms with Crippen molar-refractivity contribution in [2.75, 3.05) is 7.05 Å². The molecule has 0 spiro atoms. The predicted molar refractivity (Wildman–Crippen MR) is 125 cm³/mol. The SMILES string of the molecule is CNC1CCC(c2ccc(Cl)c(Cl)c2)c2ccccc21.O=C(O)C(O)c1ccccc1. The van der Waals surface area contributed by atoms with Gasteiger partial charge in [0.2, 0.25) is 0 Å². The number of aliphatic carboxylic acids is 1. The highest BCUT2D eigenvalue weighted by Gasteiger charge is 2.27. The Labute approximate surface area is 192 Å². The van der Waals surface area contributed by atoms with Crippen LogP contribution in [0.2, 0.25) is 10.0 Å². The smallest absolute Gasteiger partial charge is 0.337 e. The Morgan fingerprint density at radius 3 is 2.19 bits per heavy atom. The quantitative estimate of drug-likeness (QED) is 0.450. The zero-order chi connectivity index (χ0) is 22.4. The molecular weight excluding hydrogens is 433 g/mol. The average molecular weight is 458 g/mol. The number of carboxylic acids is 1. The Morgan fingerprint density at radius 2 is 1.58 bits per heavy atom. The summed E-state index contributed by atoms with van der Waals surface area (Å²) in [5, 5.41) is 22.0. The van der Waals surface area contributed by atoms with Crippen LogP contribution >= 0.6 is 23.2 Å². The second-order valence-electron chi connectivity index (χ2n) is 7.43. The number of hydrogen-bond acceptors (Lipinski definition) is 3. The lowest BCUT2D eigenvalue weighted by Gasteiger charge is -2.32. The molecule has 31 heavy (non-hydrogen) atoms. The highest BCUT2D eigenvalue weighted by atomic mass is 35.5. The molecule has 4 nitrogen and oxygen atoms in total. The summed E-state index contributed by atoms with van der Waals surface area (Å²) >= 11 is 12.2. The van der Waals surface area contributed by atoms with Gasteiger partial charge in [0.15, 0.2) is 6.10 Å². The largest absolute Gasteiger partial charge is 0.479 e. The molecule has 3 N–H and O–H groups in total. The lowest BCUT2D eigenvalue weighted by atomic mass is 9.77. The number of halogens is 2. The van der Waals surface area contributed by atoms with Crippen LogP contribution in [0.3, 0.4) is 0 Å². The summed E-state index contributed by atoms with van der Waals surface area (Å²) in [7, 11) is 2.03. The minimum atomic E-state index is -1.41. The third-order valence-electron chi connectivity index (χ3n) is 5.53. The molecular formula is C25H25Cl2NO3. The second kappa shape index (κ2) is 10.8. The van der Waals surface area contributed by atoms with Crippen molar-refractivity contribution in [3.05, 3.63) is 105 Å². The number of hydrogen-bond donors (Lipinski definition) is 3. The van der Waals surface area contributed by atoms with E-state index in [4.69, 9.17) is 33.4 Å². The molecule has 3 atom stereocenters. The fraction of sp³-hybridized carbons (Fsp3) is 0.240. The Hall–Kier alpha value is -2.37. The first-order chi connectivity index (χ1) is 14.9. The Kier molecular flexibility index (Phi) is 8.10. The maximum atomic E-state index is 10.2. The van der Waals surface area contributed by atoms with E-state index in [0.717, 1.165) is 12.8 Å². The molecule has 0 heterocycles. The molecule has 1 aliphatic rings. The van der Waals surface area contributed by atoms with E-state index in [1.54, 1.807) is 30.3 Å². The van der Waals surface area contributed by atoms with Crippen LogP contribution < -0.4 is 5.32 Å². The summed E-state index contributed by atoms with van der Waals surface area (Å²) in [6, 6.07) is 23.4. The minimum absolute atomic E-state index is 0.403. The molecule has 0 radical (unpaired) electrons. The van der Waals surface area contributed by atoms with Crippen molar-refractivity contribution in [2.24, 2.45) is 0 Å². The van der Waals surface area contributed by atoms with E-state index >= 15 is 0 Å². The van der Waals surface area contributed by atoms with Crippen LogP contribution in [0.5, 0.6) is 0 Å². The Balaban J connectivity index is 0.000000210. The zero-order valence-electron chi connectivity index (χ0n) is 17.1. The molecule has 0 bridgehead atoms. The first-order valence-electron chi connectivity index (χ1n) is 10.1. The van der Waals surface area contributed by atoms with Crippen LogP contribution in [0.25, 0.3) is 0 Å². The lowest BCUT2D eigenvalue weighted by Crippen LogP contribution is -2.24. The van der Waals surface area contributed by atoms with Gasteiger partial charge in [-0.05, 0) is 54.3 Å². The van der Waals surface area contributed by atoms with E-state index in [0.29, 0.717) is 27.6 Å². The number of rotatable bonds is 4. The predicted octanol–water partition coefficient (Wildman–Crippen LogP) is 5.98. The monoisotopic (exact) mass is 457 g/mol. The summed E-state index contributed by atoms with van der Waals surface area (Å²) in [6.45, 7) is 0. The molecule has 0 aliphatic heterocycles. The Morgan fingerprint density at radius 1 is 0.935 bits per heavy atom. The second-order valence-corrected chi connectivity index (χ2v) is 8.24. The third-order valence-corrected chi connectivity index (χ3v) is 6.27. The summed E-state index contributed by atoms with van der Waals surface area (Å²) in [5.74, 6) is -0.818.